The van der Waals surface area contributed by atoms with Crippen LogP contribution < -0.4 is 0 Å². The predicted octanol–water partition coefficient (Wildman–Crippen LogP) is 4.00. The maximum atomic E-state index is 13.9. The van der Waals surface area contributed by atoms with E-state index in [0.717, 1.165) is 22.6 Å². The predicted molar refractivity (Wildman–Crippen MR) is 90.2 cm³/mol. The summed E-state index contributed by atoms with van der Waals surface area (Å²) in [4.78, 5) is 8.90. The van der Waals surface area contributed by atoms with Crippen LogP contribution in [0.15, 0.2) is 36.5 Å². The van der Waals surface area contributed by atoms with Gasteiger partial charge < -0.3 is 4.57 Å². The van der Waals surface area contributed by atoms with Gasteiger partial charge in [-0.25, -0.2) is 9.37 Å². The number of rotatable bonds is 4. The summed E-state index contributed by atoms with van der Waals surface area (Å²) in [5.74, 6) is 1.10. The molecule has 0 N–H and O–H groups in total. The second kappa shape index (κ2) is 6.27. The zero-order chi connectivity index (χ0) is 14.8. The van der Waals surface area contributed by atoms with Gasteiger partial charge in [0.2, 0.25) is 0 Å². The van der Waals surface area contributed by atoms with Gasteiger partial charge >= 0.3 is 0 Å². The molecule has 6 heteroatoms. The lowest BCUT2D eigenvalue weighted by molar-refractivity contribution is 0.620. The van der Waals surface area contributed by atoms with Crippen molar-refractivity contribution >= 4 is 45.2 Å². The van der Waals surface area contributed by atoms with Gasteiger partial charge in [-0.3, -0.25) is 4.98 Å². The second-order valence-corrected chi connectivity index (χ2v) is 6.17. The van der Waals surface area contributed by atoms with Crippen LogP contribution in [0.1, 0.15) is 11.5 Å². The Morgan fingerprint density at radius 1 is 1.29 bits per heavy atom. The number of hydrogen-bond acceptors (Lipinski definition) is 2. The van der Waals surface area contributed by atoms with Gasteiger partial charge in [0, 0.05) is 24.6 Å². The Kier molecular flexibility index (Phi) is 4.40. The molecule has 0 atom stereocenters. The molecule has 0 radical (unpaired) electrons. The number of pyridine rings is 1. The number of hydrogen-bond donors (Lipinski definition) is 0. The highest BCUT2D eigenvalue weighted by Crippen LogP contribution is 2.23. The number of aryl methyl sites for hydroxylation is 1. The van der Waals surface area contributed by atoms with Crippen molar-refractivity contribution < 1.29 is 4.39 Å². The van der Waals surface area contributed by atoms with Gasteiger partial charge in [-0.05, 0) is 40.8 Å². The van der Waals surface area contributed by atoms with E-state index in [0.29, 0.717) is 22.4 Å². The Balaban J connectivity index is 2.13. The molecule has 0 saturated carbocycles. The summed E-state index contributed by atoms with van der Waals surface area (Å²) in [6.07, 6.45) is 2.39. The van der Waals surface area contributed by atoms with Crippen LogP contribution in [0.4, 0.5) is 4.39 Å². The average Bonchev–Trinajstić information content (AvgIpc) is 2.79. The van der Waals surface area contributed by atoms with E-state index < -0.39 is 0 Å². The van der Waals surface area contributed by atoms with Crippen molar-refractivity contribution in [3.63, 3.8) is 0 Å². The van der Waals surface area contributed by atoms with Crippen LogP contribution in [0.25, 0.3) is 11.0 Å². The Labute approximate surface area is 140 Å². The topological polar surface area (TPSA) is 30.7 Å². The van der Waals surface area contributed by atoms with Crippen molar-refractivity contribution in [2.75, 3.05) is 5.88 Å². The van der Waals surface area contributed by atoms with Gasteiger partial charge in [0.25, 0.3) is 0 Å². The lowest BCUT2D eigenvalue weighted by Crippen LogP contribution is -2.07. The summed E-state index contributed by atoms with van der Waals surface area (Å²) >= 11 is 7.83. The fourth-order valence-corrected chi connectivity index (χ4v) is 2.90. The zero-order valence-corrected chi connectivity index (χ0v) is 14.0. The van der Waals surface area contributed by atoms with Gasteiger partial charge in [0.05, 0.1) is 26.8 Å². The SMILES string of the molecule is Fc1cc2c(cc1I)nc(CCCl)n2Cc1ccccn1. The molecule has 0 aliphatic rings. The number of benzene rings is 1. The van der Waals surface area contributed by atoms with E-state index >= 15 is 0 Å². The molecule has 0 unspecified atom stereocenters. The molecule has 0 aliphatic heterocycles. The highest BCUT2D eigenvalue weighted by molar-refractivity contribution is 14.1. The summed E-state index contributed by atoms with van der Waals surface area (Å²) < 4.78 is 16.4. The van der Waals surface area contributed by atoms with Crippen LogP contribution in [-0.4, -0.2) is 20.4 Å². The van der Waals surface area contributed by atoms with Crippen LogP contribution in [0.2, 0.25) is 0 Å². The molecule has 0 bridgehead atoms. The van der Waals surface area contributed by atoms with Crippen molar-refractivity contribution in [2.24, 2.45) is 0 Å². The third kappa shape index (κ3) is 3.03. The van der Waals surface area contributed by atoms with Crippen molar-refractivity contribution in [1.29, 1.82) is 0 Å². The molecule has 0 fully saturated rings. The second-order valence-electron chi connectivity index (χ2n) is 4.63. The summed E-state index contributed by atoms with van der Waals surface area (Å²) in [5.41, 5.74) is 2.47. The zero-order valence-electron chi connectivity index (χ0n) is 11.1. The quantitative estimate of drug-likeness (QED) is 0.476. The van der Waals surface area contributed by atoms with Gasteiger partial charge in [-0.2, -0.15) is 0 Å². The first-order valence-electron chi connectivity index (χ1n) is 6.49. The third-order valence-electron chi connectivity index (χ3n) is 3.23. The first kappa shape index (κ1) is 14.7. The molecule has 0 aliphatic carbocycles. The van der Waals surface area contributed by atoms with Crippen molar-refractivity contribution in [2.45, 2.75) is 13.0 Å². The lowest BCUT2D eigenvalue weighted by Gasteiger charge is -2.08. The minimum Gasteiger partial charge on any atom is -0.322 e. The van der Waals surface area contributed by atoms with Gasteiger partial charge in [-0.1, -0.05) is 6.07 Å². The highest BCUT2D eigenvalue weighted by Gasteiger charge is 2.13. The molecule has 0 spiro atoms. The molecule has 2 aromatic heterocycles. The first-order chi connectivity index (χ1) is 10.2. The minimum absolute atomic E-state index is 0.234. The largest absolute Gasteiger partial charge is 0.322 e. The van der Waals surface area contributed by atoms with Crippen LogP contribution in [0, 0.1) is 9.39 Å². The summed E-state index contributed by atoms with van der Waals surface area (Å²) in [5, 5.41) is 0. The molecule has 108 valence electrons. The van der Waals surface area contributed by atoms with Gasteiger partial charge in [0.15, 0.2) is 0 Å². The van der Waals surface area contributed by atoms with E-state index in [1.165, 1.54) is 6.07 Å². The molecule has 3 rings (SSSR count). The van der Waals surface area contributed by atoms with Crippen LogP contribution in [-0.2, 0) is 13.0 Å². The molecular formula is C15H12ClFIN3. The number of fused-ring (bicyclic) bond motifs is 1. The van der Waals surface area contributed by atoms with Crippen molar-refractivity contribution in [1.82, 2.24) is 14.5 Å². The van der Waals surface area contributed by atoms with Gasteiger partial charge in [0.1, 0.15) is 11.6 Å². The molecule has 3 nitrogen and oxygen atoms in total. The third-order valence-corrected chi connectivity index (χ3v) is 4.25. The molecule has 2 heterocycles. The van der Waals surface area contributed by atoms with E-state index in [-0.39, 0.29) is 5.82 Å². The molecular weight excluding hydrogens is 404 g/mol. The van der Waals surface area contributed by atoms with E-state index in [2.05, 4.69) is 9.97 Å². The number of halogens is 3. The molecule has 0 amide bonds. The number of nitrogens with zero attached hydrogens (tertiary/aromatic N) is 3. The van der Waals surface area contributed by atoms with Crippen LogP contribution >= 0.6 is 34.2 Å². The Hall–Kier alpha value is -1.21. The normalized spacial score (nSPS) is 11.2. The van der Waals surface area contributed by atoms with E-state index in [4.69, 9.17) is 11.6 Å². The maximum Gasteiger partial charge on any atom is 0.138 e. The fourth-order valence-electron chi connectivity index (χ4n) is 2.28. The van der Waals surface area contributed by atoms with Gasteiger partial charge in [-0.15, -0.1) is 11.6 Å². The molecule has 21 heavy (non-hydrogen) atoms. The monoisotopic (exact) mass is 415 g/mol. The Morgan fingerprint density at radius 3 is 2.86 bits per heavy atom. The van der Waals surface area contributed by atoms with E-state index in [1.54, 1.807) is 12.3 Å². The summed E-state index contributed by atoms with van der Waals surface area (Å²) in [7, 11) is 0. The standard InChI is InChI=1S/C15H12ClFIN3/c16-5-4-15-20-13-8-12(18)11(17)7-14(13)21(15)9-10-3-1-2-6-19-10/h1-3,6-8H,4-5,9H2. The van der Waals surface area contributed by atoms with E-state index in [9.17, 15) is 4.39 Å². The maximum absolute atomic E-state index is 13.9. The number of aromatic nitrogens is 3. The summed E-state index contributed by atoms with van der Waals surface area (Å²) in [6.45, 7) is 0.559. The first-order valence-corrected chi connectivity index (χ1v) is 8.10. The number of imidazole rings is 1. The lowest BCUT2D eigenvalue weighted by atomic mass is 10.3. The van der Waals surface area contributed by atoms with Crippen LogP contribution in [0.3, 0.4) is 0 Å². The fraction of sp³-hybridized carbons (Fsp3) is 0.200. The van der Waals surface area contributed by atoms with Crippen molar-refractivity contribution in [3.8, 4) is 0 Å². The smallest absolute Gasteiger partial charge is 0.138 e. The van der Waals surface area contributed by atoms with Crippen molar-refractivity contribution in [3.05, 3.63) is 57.4 Å². The molecule has 1 aromatic carbocycles. The van der Waals surface area contributed by atoms with E-state index in [1.807, 2.05) is 45.4 Å². The molecule has 0 saturated heterocycles. The minimum atomic E-state index is -0.234. The molecule has 3 aromatic rings. The highest BCUT2D eigenvalue weighted by atomic mass is 127. The summed E-state index contributed by atoms with van der Waals surface area (Å²) in [6, 6.07) is 9.05. The Bertz CT molecular complexity index is 773. The van der Waals surface area contributed by atoms with Crippen LogP contribution in [0.5, 0.6) is 0 Å². The number of alkyl halides is 1. The average molecular weight is 416 g/mol. The Morgan fingerprint density at radius 2 is 2.14 bits per heavy atom.